The minimum Gasteiger partial charge on any atom is -0.393 e. The van der Waals surface area contributed by atoms with Crippen molar-refractivity contribution >= 4 is 0 Å². The maximum absolute atomic E-state index is 10.5. The minimum absolute atomic E-state index is 0.0752. The number of hydrogen-bond acceptors (Lipinski definition) is 1. The van der Waals surface area contributed by atoms with Crippen molar-refractivity contribution in [2.45, 2.75) is 113 Å². The van der Waals surface area contributed by atoms with E-state index in [1.807, 2.05) is 5.57 Å². The third-order valence-electron chi connectivity index (χ3n) is 12.0. The molecule has 0 aromatic heterocycles. The standard InChI is InChI=1S/C30H52O/c1-18(2)21(5)19(3)17-20(4)24-11-12-26-23-9-10-25-22(6)28(31)14-16-30(25,8)27(23)13-15-29(24,26)7/h9,18-22,24-28,31H,10-17H2,1-8H3/t19-,20-,21+,22+,24-,25+,26+,27+,28+,29-,30+/m1/s1. The minimum atomic E-state index is -0.0752. The predicted octanol–water partition coefficient (Wildman–Crippen LogP) is 8.13. The van der Waals surface area contributed by atoms with Gasteiger partial charge < -0.3 is 5.11 Å². The number of aliphatic hydroxyl groups excluding tert-OH is 1. The molecule has 0 heterocycles. The third kappa shape index (κ3) is 3.77. The fourth-order valence-corrected chi connectivity index (χ4v) is 9.54. The molecule has 11 atom stereocenters. The highest BCUT2D eigenvalue weighted by atomic mass is 16.3. The first-order valence-electron chi connectivity index (χ1n) is 13.9. The molecule has 0 unspecified atom stereocenters. The Bertz CT molecular complexity index is 678. The van der Waals surface area contributed by atoms with Crippen molar-refractivity contribution in [3.8, 4) is 0 Å². The average Bonchev–Trinajstić information content (AvgIpc) is 3.07. The van der Waals surface area contributed by atoms with Crippen molar-refractivity contribution in [3.63, 3.8) is 0 Å². The lowest BCUT2D eigenvalue weighted by molar-refractivity contribution is -0.0775. The smallest absolute Gasteiger partial charge is 0.0568 e. The second-order valence-corrected chi connectivity index (χ2v) is 13.6. The monoisotopic (exact) mass is 428 g/mol. The summed E-state index contributed by atoms with van der Waals surface area (Å²) in [6.45, 7) is 20.0. The molecule has 4 aliphatic rings. The molecule has 31 heavy (non-hydrogen) atoms. The molecule has 3 saturated carbocycles. The lowest BCUT2D eigenvalue weighted by Crippen LogP contribution is -2.52. The lowest BCUT2D eigenvalue weighted by Gasteiger charge is -2.59. The van der Waals surface area contributed by atoms with Crippen LogP contribution in [0.5, 0.6) is 0 Å². The molecule has 0 aromatic rings. The normalized spacial score (nSPS) is 47.7. The van der Waals surface area contributed by atoms with Gasteiger partial charge in [0.2, 0.25) is 0 Å². The zero-order valence-electron chi connectivity index (χ0n) is 22.0. The number of allylic oxidation sites excluding steroid dienone is 2. The van der Waals surface area contributed by atoms with E-state index in [2.05, 4.69) is 61.5 Å². The molecule has 0 bridgehead atoms. The molecule has 178 valence electrons. The second-order valence-electron chi connectivity index (χ2n) is 13.6. The molecule has 4 rings (SSSR count). The molecule has 1 nitrogen and oxygen atoms in total. The van der Waals surface area contributed by atoms with Crippen molar-refractivity contribution in [2.75, 3.05) is 0 Å². The van der Waals surface area contributed by atoms with Gasteiger partial charge >= 0.3 is 0 Å². The maximum atomic E-state index is 10.5. The van der Waals surface area contributed by atoms with Crippen LogP contribution in [0.1, 0.15) is 107 Å². The fraction of sp³-hybridized carbons (Fsp3) is 0.933. The van der Waals surface area contributed by atoms with Crippen molar-refractivity contribution in [1.82, 2.24) is 0 Å². The Morgan fingerprint density at radius 3 is 2.26 bits per heavy atom. The number of hydrogen-bond donors (Lipinski definition) is 1. The van der Waals surface area contributed by atoms with Crippen molar-refractivity contribution in [3.05, 3.63) is 11.6 Å². The molecule has 0 saturated heterocycles. The summed E-state index contributed by atoms with van der Waals surface area (Å²) in [6, 6.07) is 0. The molecule has 3 fully saturated rings. The first-order valence-corrected chi connectivity index (χ1v) is 13.9. The lowest BCUT2D eigenvalue weighted by atomic mass is 9.46. The van der Waals surface area contributed by atoms with Gasteiger partial charge in [-0.3, -0.25) is 0 Å². The highest BCUT2D eigenvalue weighted by molar-refractivity contribution is 5.28. The summed E-state index contributed by atoms with van der Waals surface area (Å²) in [5, 5.41) is 10.5. The highest BCUT2D eigenvalue weighted by Crippen LogP contribution is 2.67. The van der Waals surface area contributed by atoms with E-state index < -0.39 is 0 Å². The van der Waals surface area contributed by atoms with Crippen LogP contribution in [0.4, 0.5) is 0 Å². The summed E-state index contributed by atoms with van der Waals surface area (Å²) < 4.78 is 0. The molecule has 4 aliphatic carbocycles. The zero-order chi connectivity index (χ0) is 22.7. The summed E-state index contributed by atoms with van der Waals surface area (Å²) in [5.41, 5.74) is 2.81. The van der Waals surface area contributed by atoms with Gasteiger partial charge in [0.05, 0.1) is 6.10 Å². The molecule has 0 aliphatic heterocycles. The van der Waals surface area contributed by atoms with Crippen LogP contribution in [0, 0.1) is 64.1 Å². The molecular weight excluding hydrogens is 376 g/mol. The molecule has 0 amide bonds. The average molecular weight is 429 g/mol. The van der Waals surface area contributed by atoms with Crippen molar-refractivity contribution in [2.24, 2.45) is 64.1 Å². The van der Waals surface area contributed by atoms with Crippen molar-refractivity contribution < 1.29 is 5.11 Å². The Morgan fingerprint density at radius 1 is 0.935 bits per heavy atom. The third-order valence-corrected chi connectivity index (χ3v) is 12.0. The van der Waals surface area contributed by atoms with Gasteiger partial charge in [-0.1, -0.05) is 67.0 Å². The van der Waals surface area contributed by atoms with Crippen LogP contribution in [-0.2, 0) is 0 Å². The van der Waals surface area contributed by atoms with E-state index in [-0.39, 0.29) is 6.10 Å². The van der Waals surface area contributed by atoms with Gasteiger partial charge in [0.1, 0.15) is 0 Å². The van der Waals surface area contributed by atoms with Crippen molar-refractivity contribution in [1.29, 1.82) is 0 Å². The Kier molecular flexibility index (Phi) is 6.53. The quantitative estimate of drug-likeness (QED) is 0.438. The van der Waals surface area contributed by atoms with Crippen LogP contribution in [0.2, 0.25) is 0 Å². The molecular formula is C30H52O. The van der Waals surface area contributed by atoms with Crippen LogP contribution < -0.4 is 0 Å². The Balaban J connectivity index is 1.53. The van der Waals surface area contributed by atoms with Gasteiger partial charge in [-0.2, -0.15) is 0 Å². The largest absolute Gasteiger partial charge is 0.393 e. The van der Waals surface area contributed by atoms with Gasteiger partial charge in [-0.15, -0.1) is 0 Å². The van der Waals surface area contributed by atoms with Gasteiger partial charge in [-0.05, 0) is 115 Å². The molecule has 0 aromatic carbocycles. The van der Waals surface area contributed by atoms with Crippen LogP contribution >= 0.6 is 0 Å². The highest BCUT2D eigenvalue weighted by Gasteiger charge is 2.59. The molecule has 0 radical (unpaired) electrons. The first-order chi connectivity index (χ1) is 14.5. The summed E-state index contributed by atoms with van der Waals surface area (Å²) in [6.07, 6.45) is 13.2. The van der Waals surface area contributed by atoms with Crippen LogP contribution in [0.3, 0.4) is 0 Å². The Hall–Kier alpha value is -0.300. The summed E-state index contributed by atoms with van der Waals surface area (Å²) in [5.74, 6) is 6.96. The topological polar surface area (TPSA) is 20.2 Å². The number of fused-ring (bicyclic) bond motifs is 5. The van der Waals surface area contributed by atoms with Gasteiger partial charge in [-0.25, -0.2) is 0 Å². The van der Waals surface area contributed by atoms with E-state index in [1.165, 1.54) is 44.9 Å². The van der Waals surface area contributed by atoms with Crippen LogP contribution in [0.15, 0.2) is 11.6 Å². The van der Waals surface area contributed by atoms with Crippen LogP contribution in [0.25, 0.3) is 0 Å². The predicted molar refractivity (Wildman–Crippen MR) is 133 cm³/mol. The SMILES string of the molecule is CC(C)[C@H](C)[C@H](C)C[C@@H](C)[C@H]1CC[C@H]2C3=CC[C@H]4[C@H](C)[C@@H](O)CC[C@]4(C)[C@H]3CC[C@]12C. The second kappa shape index (κ2) is 8.48. The number of rotatable bonds is 5. The van der Waals surface area contributed by atoms with Gasteiger partial charge in [0, 0.05) is 0 Å². The van der Waals surface area contributed by atoms with Crippen LogP contribution in [-0.4, -0.2) is 11.2 Å². The van der Waals surface area contributed by atoms with E-state index in [4.69, 9.17) is 0 Å². The molecule has 1 N–H and O–H groups in total. The van der Waals surface area contributed by atoms with E-state index in [0.717, 1.165) is 47.8 Å². The summed E-state index contributed by atoms with van der Waals surface area (Å²) >= 11 is 0. The summed E-state index contributed by atoms with van der Waals surface area (Å²) in [4.78, 5) is 0. The first kappa shape index (κ1) is 23.8. The fourth-order valence-electron chi connectivity index (χ4n) is 9.54. The Morgan fingerprint density at radius 2 is 1.58 bits per heavy atom. The number of aliphatic hydroxyl groups is 1. The van der Waals surface area contributed by atoms with E-state index in [0.29, 0.717) is 22.7 Å². The Labute approximate surface area is 193 Å². The zero-order valence-corrected chi connectivity index (χ0v) is 22.0. The molecule has 1 heteroatoms. The van der Waals surface area contributed by atoms with Gasteiger partial charge in [0.25, 0.3) is 0 Å². The maximum Gasteiger partial charge on any atom is 0.0568 e. The van der Waals surface area contributed by atoms with Gasteiger partial charge in [0.15, 0.2) is 0 Å². The van der Waals surface area contributed by atoms with E-state index >= 15 is 0 Å². The molecule has 0 spiro atoms. The summed E-state index contributed by atoms with van der Waals surface area (Å²) in [7, 11) is 0. The van der Waals surface area contributed by atoms with E-state index in [9.17, 15) is 5.11 Å². The van der Waals surface area contributed by atoms with E-state index in [1.54, 1.807) is 0 Å².